The zero-order valence-electron chi connectivity index (χ0n) is 12.6. The lowest BCUT2D eigenvalue weighted by atomic mass is 9.93. The summed E-state index contributed by atoms with van der Waals surface area (Å²) in [6.07, 6.45) is -9.85. The summed E-state index contributed by atoms with van der Waals surface area (Å²) in [5, 5.41) is 3.01. The fourth-order valence-corrected chi connectivity index (χ4v) is 2.90. The van der Waals surface area contributed by atoms with E-state index in [2.05, 4.69) is 5.32 Å². The highest BCUT2D eigenvalue weighted by Crippen LogP contribution is 2.41. The second-order valence-electron chi connectivity index (χ2n) is 5.58. The molecule has 1 atom stereocenters. The highest BCUT2D eigenvalue weighted by Gasteiger charge is 2.39. The van der Waals surface area contributed by atoms with E-state index in [-0.39, 0.29) is 6.42 Å². The summed E-state index contributed by atoms with van der Waals surface area (Å²) in [5.41, 5.74) is -2.83. The average Bonchev–Trinajstić information content (AvgIpc) is 2.51. The number of hydrogen-bond donors (Lipinski definition) is 1. The van der Waals surface area contributed by atoms with Crippen LogP contribution in [0.5, 0.6) is 0 Å². The van der Waals surface area contributed by atoms with Gasteiger partial charge in [-0.05, 0) is 30.2 Å². The number of halogens is 7. The third-order valence-corrected chi connectivity index (χ3v) is 4.02. The van der Waals surface area contributed by atoms with E-state index in [1.54, 1.807) is 4.90 Å². The molecule has 9 heteroatoms. The van der Waals surface area contributed by atoms with Gasteiger partial charge in [0.1, 0.15) is 0 Å². The summed E-state index contributed by atoms with van der Waals surface area (Å²) < 4.78 is 91.3. The van der Waals surface area contributed by atoms with Crippen molar-refractivity contribution in [2.24, 2.45) is 0 Å². The van der Waals surface area contributed by atoms with E-state index in [1.807, 2.05) is 0 Å². The molecule has 0 unspecified atom stereocenters. The van der Waals surface area contributed by atoms with Crippen molar-refractivity contribution in [2.75, 3.05) is 32.9 Å². The summed E-state index contributed by atoms with van der Waals surface area (Å²) in [4.78, 5) is 1.60. The average molecular weight is 358 g/mol. The lowest BCUT2D eigenvalue weighted by Gasteiger charge is -2.36. The van der Waals surface area contributed by atoms with Gasteiger partial charge in [-0.1, -0.05) is 0 Å². The monoisotopic (exact) mass is 358 g/mol. The quantitative estimate of drug-likeness (QED) is 0.818. The first-order chi connectivity index (χ1) is 11.1. The highest BCUT2D eigenvalue weighted by molar-refractivity contribution is 5.37. The van der Waals surface area contributed by atoms with Gasteiger partial charge in [0.25, 0.3) is 0 Å². The van der Waals surface area contributed by atoms with Gasteiger partial charge in [0.05, 0.1) is 17.8 Å². The summed E-state index contributed by atoms with van der Waals surface area (Å²) in [5.74, 6) is 0. The van der Waals surface area contributed by atoms with Crippen LogP contribution < -0.4 is 5.32 Å². The van der Waals surface area contributed by atoms with Gasteiger partial charge >= 0.3 is 12.4 Å². The number of alkyl halides is 7. The van der Waals surface area contributed by atoms with Crippen molar-refractivity contribution in [3.05, 3.63) is 34.9 Å². The van der Waals surface area contributed by atoms with Crippen LogP contribution in [0.4, 0.5) is 30.7 Å². The smallest absolute Gasteiger partial charge is 0.314 e. The number of benzene rings is 1. The Morgan fingerprint density at radius 1 is 1.00 bits per heavy atom. The van der Waals surface area contributed by atoms with Crippen molar-refractivity contribution in [1.29, 1.82) is 0 Å². The Labute approximate surface area is 134 Å². The Kier molecular flexibility index (Phi) is 5.74. The predicted molar refractivity (Wildman–Crippen MR) is 74.2 cm³/mol. The SMILES string of the molecule is FCC[C@H](c1cc(C(F)(F)F)ccc1C(F)(F)F)N1CCNCC1. The van der Waals surface area contributed by atoms with Crippen molar-refractivity contribution in [2.45, 2.75) is 24.8 Å². The van der Waals surface area contributed by atoms with Crippen molar-refractivity contribution in [3.63, 3.8) is 0 Å². The maximum atomic E-state index is 13.2. The molecule has 24 heavy (non-hydrogen) atoms. The van der Waals surface area contributed by atoms with Gasteiger partial charge in [-0.25, -0.2) is 0 Å². The highest BCUT2D eigenvalue weighted by atomic mass is 19.4. The zero-order chi connectivity index (χ0) is 18.0. The third-order valence-electron chi connectivity index (χ3n) is 4.02. The second kappa shape index (κ2) is 7.26. The van der Waals surface area contributed by atoms with E-state index < -0.39 is 41.8 Å². The number of piperazine rings is 1. The van der Waals surface area contributed by atoms with Crippen LogP contribution in [-0.2, 0) is 12.4 Å². The summed E-state index contributed by atoms with van der Waals surface area (Å²) in [6, 6.07) is 0.309. The molecule has 1 aromatic carbocycles. The Morgan fingerprint density at radius 2 is 1.62 bits per heavy atom. The molecule has 136 valence electrons. The van der Waals surface area contributed by atoms with Crippen LogP contribution in [0, 0.1) is 0 Å². The Hall–Kier alpha value is -1.35. The molecule has 0 saturated carbocycles. The molecule has 1 heterocycles. The molecular weight excluding hydrogens is 341 g/mol. The van der Waals surface area contributed by atoms with Crippen molar-refractivity contribution >= 4 is 0 Å². The summed E-state index contributed by atoms with van der Waals surface area (Å²) >= 11 is 0. The molecule has 2 nitrogen and oxygen atoms in total. The zero-order valence-corrected chi connectivity index (χ0v) is 12.6. The predicted octanol–water partition coefficient (Wildman–Crippen LogP) is 4.03. The van der Waals surface area contributed by atoms with Gasteiger partial charge in [-0.2, -0.15) is 26.3 Å². The lowest BCUT2D eigenvalue weighted by molar-refractivity contribution is -0.142. The Morgan fingerprint density at radius 3 is 2.12 bits per heavy atom. The van der Waals surface area contributed by atoms with Crippen LogP contribution in [0.25, 0.3) is 0 Å². The van der Waals surface area contributed by atoms with Crippen LogP contribution >= 0.6 is 0 Å². The Bertz CT molecular complexity index is 548. The van der Waals surface area contributed by atoms with Crippen LogP contribution in [0.15, 0.2) is 18.2 Å². The first kappa shape index (κ1) is 19.0. The third kappa shape index (κ3) is 4.38. The van der Waals surface area contributed by atoms with Crippen LogP contribution in [0.2, 0.25) is 0 Å². The van der Waals surface area contributed by atoms with Crippen molar-refractivity contribution in [3.8, 4) is 0 Å². The van der Waals surface area contributed by atoms with Crippen LogP contribution in [0.1, 0.15) is 29.2 Å². The van der Waals surface area contributed by atoms with E-state index in [0.29, 0.717) is 44.4 Å². The standard InChI is InChI=1S/C15H17F7N2/c16-4-3-13(24-7-5-23-6-8-24)11-9-10(14(17,18)19)1-2-12(11)15(20,21)22/h1-2,9,13,23H,3-8H2/t13-/m1/s1. The van der Waals surface area contributed by atoms with Gasteiger partial charge in [0, 0.05) is 32.2 Å². The first-order valence-electron chi connectivity index (χ1n) is 7.43. The van der Waals surface area contributed by atoms with Crippen LogP contribution in [0.3, 0.4) is 0 Å². The molecule has 1 fully saturated rings. The maximum Gasteiger partial charge on any atom is 0.416 e. The molecule has 0 spiro atoms. The van der Waals surface area contributed by atoms with E-state index in [1.165, 1.54) is 0 Å². The topological polar surface area (TPSA) is 15.3 Å². The molecule has 0 aromatic heterocycles. The molecule has 0 radical (unpaired) electrons. The number of hydrogen-bond acceptors (Lipinski definition) is 2. The van der Waals surface area contributed by atoms with Gasteiger partial charge < -0.3 is 5.32 Å². The minimum absolute atomic E-state index is 0.287. The molecule has 2 rings (SSSR count). The summed E-state index contributed by atoms with van der Waals surface area (Å²) in [6.45, 7) is 0.755. The fraction of sp³-hybridized carbons (Fsp3) is 0.600. The fourth-order valence-electron chi connectivity index (χ4n) is 2.90. The molecule has 1 saturated heterocycles. The maximum absolute atomic E-state index is 13.2. The molecular formula is C15H17F7N2. The van der Waals surface area contributed by atoms with Gasteiger partial charge in [-0.3, -0.25) is 9.29 Å². The minimum Gasteiger partial charge on any atom is -0.314 e. The number of nitrogens with one attached hydrogen (secondary N) is 1. The Balaban J connectivity index is 2.52. The summed E-state index contributed by atoms with van der Waals surface area (Å²) in [7, 11) is 0. The van der Waals surface area contributed by atoms with E-state index in [4.69, 9.17) is 0 Å². The van der Waals surface area contributed by atoms with E-state index >= 15 is 0 Å². The van der Waals surface area contributed by atoms with Gasteiger partial charge in [-0.15, -0.1) is 0 Å². The first-order valence-corrected chi connectivity index (χ1v) is 7.43. The molecule has 0 bridgehead atoms. The van der Waals surface area contributed by atoms with Gasteiger partial charge in [0.2, 0.25) is 0 Å². The molecule has 1 aliphatic heterocycles. The van der Waals surface area contributed by atoms with E-state index in [9.17, 15) is 30.7 Å². The second-order valence-corrected chi connectivity index (χ2v) is 5.58. The molecule has 1 N–H and O–H groups in total. The number of nitrogens with zero attached hydrogens (tertiary/aromatic N) is 1. The minimum atomic E-state index is -4.80. The largest absolute Gasteiger partial charge is 0.416 e. The molecule has 0 amide bonds. The molecule has 1 aromatic rings. The number of rotatable bonds is 4. The van der Waals surface area contributed by atoms with Crippen LogP contribution in [-0.4, -0.2) is 37.8 Å². The van der Waals surface area contributed by atoms with Crippen molar-refractivity contribution in [1.82, 2.24) is 10.2 Å². The normalized spacial score (nSPS) is 18.6. The van der Waals surface area contributed by atoms with Gasteiger partial charge in [0.15, 0.2) is 0 Å². The molecule has 0 aliphatic carbocycles. The van der Waals surface area contributed by atoms with E-state index in [0.717, 1.165) is 0 Å². The lowest BCUT2D eigenvalue weighted by Crippen LogP contribution is -2.45. The molecule has 1 aliphatic rings. The van der Waals surface area contributed by atoms with Crippen molar-refractivity contribution < 1.29 is 30.7 Å².